The van der Waals surface area contributed by atoms with E-state index in [-0.39, 0.29) is 17.1 Å². The molecule has 0 spiro atoms. The third-order valence-corrected chi connectivity index (χ3v) is 5.73. The Hall–Kier alpha value is -3.44. The van der Waals surface area contributed by atoms with Gasteiger partial charge in [-0.3, -0.25) is 14.9 Å². The van der Waals surface area contributed by atoms with Gasteiger partial charge in [0.15, 0.2) is 0 Å². The lowest BCUT2D eigenvalue weighted by atomic mass is 10.2. The molecular formula is C22H15Br2N5O4. The summed E-state index contributed by atoms with van der Waals surface area (Å²) in [5.74, 6) is 1.24. The molecule has 0 aliphatic rings. The van der Waals surface area contributed by atoms with Crippen molar-refractivity contribution in [3.63, 3.8) is 0 Å². The molecule has 2 aromatic heterocycles. The summed E-state index contributed by atoms with van der Waals surface area (Å²) >= 11 is 6.83. The van der Waals surface area contributed by atoms with Crippen molar-refractivity contribution in [1.29, 1.82) is 0 Å². The number of benzene rings is 2. The van der Waals surface area contributed by atoms with E-state index in [0.717, 1.165) is 10.7 Å². The van der Waals surface area contributed by atoms with Crippen molar-refractivity contribution >= 4 is 54.7 Å². The topological polar surface area (TPSA) is 113 Å². The second kappa shape index (κ2) is 9.59. The molecule has 0 aliphatic heterocycles. The number of hydrogen-bond donors (Lipinski definition) is 0. The first-order valence-corrected chi connectivity index (χ1v) is 11.3. The van der Waals surface area contributed by atoms with Gasteiger partial charge in [-0.25, -0.2) is 9.97 Å². The molecule has 166 valence electrons. The summed E-state index contributed by atoms with van der Waals surface area (Å²) in [7, 11) is 0. The van der Waals surface area contributed by atoms with Gasteiger partial charge >= 0.3 is 0 Å². The van der Waals surface area contributed by atoms with Crippen LogP contribution < -0.4 is 10.3 Å². The third-order valence-electron chi connectivity index (χ3n) is 4.62. The first kappa shape index (κ1) is 22.7. The minimum absolute atomic E-state index is 0.120. The Labute approximate surface area is 204 Å². The highest BCUT2D eigenvalue weighted by atomic mass is 79.9. The molecule has 4 aromatic rings. The Morgan fingerprint density at radius 1 is 1.18 bits per heavy atom. The molecule has 0 atom stereocenters. The van der Waals surface area contributed by atoms with Crippen molar-refractivity contribution in [3.8, 4) is 11.6 Å². The van der Waals surface area contributed by atoms with Crippen molar-refractivity contribution in [2.75, 3.05) is 0 Å². The van der Waals surface area contributed by atoms with E-state index in [1.807, 2.05) is 13.0 Å². The molecule has 0 amide bonds. The molecular weight excluding hydrogens is 558 g/mol. The van der Waals surface area contributed by atoms with Gasteiger partial charge in [0.05, 0.1) is 26.5 Å². The van der Waals surface area contributed by atoms with Crippen LogP contribution in [0.15, 0.2) is 73.6 Å². The number of nitro groups is 1. The normalized spacial score (nSPS) is 11.2. The summed E-state index contributed by atoms with van der Waals surface area (Å²) in [4.78, 5) is 31.7. The number of nitrogens with zero attached hydrogens (tertiary/aromatic N) is 5. The number of halogens is 2. The molecule has 0 saturated heterocycles. The number of aryl methyl sites for hydroxylation is 1. The van der Waals surface area contributed by atoms with Crippen LogP contribution >= 0.6 is 31.9 Å². The molecule has 4 rings (SSSR count). The molecule has 0 N–H and O–H groups in total. The predicted octanol–water partition coefficient (Wildman–Crippen LogP) is 5.46. The first-order valence-electron chi connectivity index (χ1n) is 9.69. The molecule has 2 heterocycles. The van der Waals surface area contributed by atoms with Crippen molar-refractivity contribution in [2.24, 2.45) is 5.10 Å². The highest BCUT2D eigenvalue weighted by Gasteiger charge is 2.11. The molecule has 0 radical (unpaired) electrons. The van der Waals surface area contributed by atoms with Crippen LogP contribution in [0.4, 0.5) is 5.69 Å². The number of fused-ring (bicyclic) bond motifs is 1. The molecule has 0 bridgehead atoms. The summed E-state index contributed by atoms with van der Waals surface area (Å²) in [5, 5.41) is 15.6. The zero-order valence-corrected chi connectivity index (χ0v) is 20.3. The Balaban J connectivity index is 1.61. The molecule has 33 heavy (non-hydrogen) atoms. The van der Waals surface area contributed by atoms with E-state index in [4.69, 9.17) is 4.74 Å². The summed E-state index contributed by atoms with van der Waals surface area (Å²) in [6.45, 7) is 1.91. The van der Waals surface area contributed by atoms with Gasteiger partial charge in [-0.05, 0) is 57.9 Å². The van der Waals surface area contributed by atoms with Gasteiger partial charge in [0, 0.05) is 23.0 Å². The van der Waals surface area contributed by atoms with Crippen LogP contribution in [0.3, 0.4) is 0 Å². The number of pyridine rings is 1. The maximum atomic E-state index is 13.0. The quantitative estimate of drug-likeness (QED) is 0.172. The fourth-order valence-electron chi connectivity index (χ4n) is 3.00. The fraction of sp³-hybridized carbons (Fsp3) is 0.0909. The highest BCUT2D eigenvalue weighted by Crippen LogP contribution is 2.30. The molecule has 0 unspecified atom stereocenters. The summed E-state index contributed by atoms with van der Waals surface area (Å²) in [6, 6.07) is 13.3. The van der Waals surface area contributed by atoms with E-state index in [0.29, 0.717) is 38.9 Å². The molecule has 0 aliphatic carbocycles. The summed E-state index contributed by atoms with van der Waals surface area (Å²) in [6.07, 6.45) is 3.23. The van der Waals surface area contributed by atoms with Crippen LogP contribution in [0.5, 0.6) is 11.6 Å². The Morgan fingerprint density at radius 3 is 2.67 bits per heavy atom. The SMILES string of the molecule is CCc1nc2ccc(Br)cc2c(=O)n1N=Cc1ccc(Oc2ccc([N+](=O)[O-])cn2)c(Br)c1. The lowest BCUT2D eigenvalue weighted by Crippen LogP contribution is -2.22. The van der Waals surface area contributed by atoms with E-state index in [1.165, 1.54) is 16.8 Å². The van der Waals surface area contributed by atoms with E-state index in [9.17, 15) is 14.9 Å². The Kier molecular flexibility index (Phi) is 6.61. The maximum Gasteiger partial charge on any atom is 0.287 e. The number of aromatic nitrogens is 3. The number of ether oxygens (including phenoxy) is 1. The second-order valence-corrected chi connectivity index (χ2v) is 8.58. The van der Waals surface area contributed by atoms with Crippen molar-refractivity contribution in [1.82, 2.24) is 14.6 Å². The van der Waals surface area contributed by atoms with E-state index < -0.39 is 4.92 Å². The third kappa shape index (κ3) is 4.99. The zero-order chi connectivity index (χ0) is 23.5. The maximum absolute atomic E-state index is 13.0. The van der Waals surface area contributed by atoms with E-state index in [2.05, 4.69) is 46.9 Å². The minimum Gasteiger partial charge on any atom is -0.438 e. The monoisotopic (exact) mass is 571 g/mol. The Bertz CT molecular complexity index is 1450. The minimum atomic E-state index is -0.528. The molecule has 0 saturated carbocycles. The van der Waals surface area contributed by atoms with Gasteiger partial charge in [-0.15, -0.1) is 0 Å². The lowest BCUT2D eigenvalue weighted by molar-refractivity contribution is -0.385. The second-order valence-electron chi connectivity index (χ2n) is 6.81. The fourth-order valence-corrected chi connectivity index (χ4v) is 3.84. The van der Waals surface area contributed by atoms with Crippen LogP contribution in [0, 0.1) is 10.1 Å². The van der Waals surface area contributed by atoms with Gasteiger partial charge in [0.1, 0.15) is 17.8 Å². The van der Waals surface area contributed by atoms with Crippen LogP contribution in [0.1, 0.15) is 18.3 Å². The van der Waals surface area contributed by atoms with Gasteiger partial charge in [0.25, 0.3) is 11.2 Å². The van der Waals surface area contributed by atoms with Gasteiger partial charge in [-0.1, -0.05) is 22.9 Å². The van der Waals surface area contributed by atoms with Crippen LogP contribution in [-0.4, -0.2) is 25.8 Å². The van der Waals surface area contributed by atoms with Crippen molar-refractivity contribution < 1.29 is 9.66 Å². The van der Waals surface area contributed by atoms with Crippen molar-refractivity contribution in [2.45, 2.75) is 13.3 Å². The average Bonchev–Trinajstić information content (AvgIpc) is 2.80. The number of rotatable bonds is 6. The zero-order valence-electron chi connectivity index (χ0n) is 17.1. The standard InChI is InChI=1S/C22H15Br2N5O4/c1-2-20-27-18-6-4-14(23)10-16(18)22(30)28(20)26-11-13-3-7-19(17(24)9-13)33-21-8-5-15(12-25-21)29(31)32/h3-12H,2H2,1H3. The summed E-state index contributed by atoms with van der Waals surface area (Å²) in [5.41, 5.74) is 0.965. The van der Waals surface area contributed by atoms with Crippen molar-refractivity contribution in [3.05, 3.63) is 95.5 Å². The Morgan fingerprint density at radius 2 is 2.00 bits per heavy atom. The van der Waals surface area contributed by atoms with Gasteiger partial charge in [0.2, 0.25) is 5.88 Å². The van der Waals surface area contributed by atoms with Gasteiger partial charge in [-0.2, -0.15) is 9.78 Å². The predicted molar refractivity (Wildman–Crippen MR) is 131 cm³/mol. The molecule has 2 aromatic carbocycles. The van der Waals surface area contributed by atoms with E-state index >= 15 is 0 Å². The first-order chi connectivity index (χ1) is 15.9. The van der Waals surface area contributed by atoms with Crippen LogP contribution in [0.25, 0.3) is 10.9 Å². The highest BCUT2D eigenvalue weighted by molar-refractivity contribution is 9.10. The van der Waals surface area contributed by atoms with Gasteiger partial charge < -0.3 is 4.74 Å². The average molecular weight is 573 g/mol. The molecule has 11 heteroatoms. The smallest absolute Gasteiger partial charge is 0.287 e. The van der Waals surface area contributed by atoms with Crippen LogP contribution in [-0.2, 0) is 6.42 Å². The largest absolute Gasteiger partial charge is 0.438 e. The summed E-state index contributed by atoms with van der Waals surface area (Å²) < 4.78 is 8.39. The number of hydrogen-bond acceptors (Lipinski definition) is 7. The molecule has 9 nitrogen and oxygen atoms in total. The lowest BCUT2D eigenvalue weighted by Gasteiger charge is -2.09. The molecule has 0 fully saturated rings. The van der Waals surface area contributed by atoms with Crippen LogP contribution in [0.2, 0.25) is 0 Å². The van der Waals surface area contributed by atoms with E-state index in [1.54, 1.807) is 36.5 Å².